The molecule has 0 unspecified atom stereocenters. The first-order valence-corrected chi connectivity index (χ1v) is 9.52. The predicted octanol–water partition coefficient (Wildman–Crippen LogP) is 5.63. The van der Waals surface area contributed by atoms with Gasteiger partial charge in [0.05, 0.1) is 20.9 Å². The van der Waals surface area contributed by atoms with Crippen LogP contribution in [-0.4, -0.2) is 15.9 Å². The molecule has 0 atom stereocenters. The number of para-hydroxylation sites is 1. The lowest BCUT2D eigenvalue weighted by Crippen LogP contribution is -2.11. The molecule has 0 aliphatic heterocycles. The predicted molar refractivity (Wildman–Crippen MR) is 105 cm³/mol. The van der Waals surface area contributed by atoms with Gasteiger partial charge < -0.3 is 0 Å². The molecule has 0 spiro atoms. The van der Waals surface area contributed by atoms with Gasteiger partial charge in [0.1, 0.15) is 9.88 Å². The third-order valence-electron chi connectivity index (χ3n) is 3.62. The summed E-state index contributed by atoms with van der Waals surface area (Å²) in [5.41, 5.74) is 2.38. The van der Waals surface area contributed by atoms with Crippen LogP contribution in [0.1, 0.15) is 15.4 Å². The Morgan fingerprint density at radius 2 is 1.80 bits per heavy atom. The standard InChI is InChI=1S/C18H12ClN3OS2/c1-10-15(25-17(20-10)11-6-2-3-7-12(11)19)16(23)22-18-21-13-8-4-5-9-14(13)24-18/h2-9H,1H3,(H,21,22,23). The molecule has 4 aromatic rings. The Morgan fingerprint density at radius 1 is 1.04 bits per heavy atom. The maximum absolute atomic E-state index is 12.6. The van der Waals surface area contributed by atoms with Crippen molar-refractivity contribution in [2.75, 3.05) is 5.32 Å². The van der Waals surface area contributed by atoms with E-state index in [1.54, 1.807) is 0 Å². The second-order valence-electron chi connectivity index (χ2n) is 5.35. The van der Waals surface area contributed by atoms with E-state index in [1.165, 1.54) is 22.7 Å². The van der Waals surface area contributed by atoms with Crippen molar-refractivity contribution in [3.05, 3.63) is 64.1 Å². The van der Waals surface area contributed by atoms with Crippen LogP contribution in [0.15, 0.2) is 48.5 Å². The Bertz CT molecular complexity index is 1050. The summed E-state index contributed by atoms with van der Waals surface area (Å²) in [6.07, 6.45) is 0. The van der Waals surface area contributed by atoms with Gasteiger partial charge in [-0.2, -0.15) is 0 Å². The van der Waals surface area contributed by atoms with Crippen LogP contribution in [0.4, 0.5) is 5.13 Å². The van der Waals surface area contributed by atoms with Crippen LogP contribution in [0, 0.1) is 6.92 Å². The number of fused-ring (bicyclic) bond motifs is 1. The van der Waals surface area contributed by atoms with Gasteiger partial charge in [-0.1, -0.05) is 53.3 Å². The van der Waals surface area contributed by atoms with Gasteiger partial charge in [-0.05, 0) is 25.1 Å². The molecule has 1 amide bonds. The molecule has 2 aromatic carbocycles. The zero-order valence-electron chi connectivity index (χ0n) is 13.1. The average molecular weight is 386 g/mol. The highest BCUT2D eigenvalue weighted by Gasteiger charge is 2.18. The van der Waals surface area contributed by atoms with Gasteiger partial charge in [0.15, 0.2) is 5.13 Å². The highest BCUT2D eigenvalue weighted by molar-refractivity contribution is 7.22. The lowest BCUT2D eigenvalue weighted by molar-refractivity contribution is 0.103. The minimum absolute atomic E-state index is 0.202. The lowest BCUT2D eigenvalue weighted by Gasteiger charge is -1.99. The Morgan fingerprint density at radius 3 is 2.60 bits per heavy atom. The molecule has 0 aliphatic rings. The number of carbonyl (C=O) groups excluding carboxylic acids is 1. The zero-order valence-corrected chi connectivity index (χ0v) is 15.5. The van der Waals surface area contributed by atoms with Crippen molar-refractivity contribution in [1.82, 2.24) is 9.97 Å². The summed E-state index contributed by atoms with van der Waals surface area (Å²) >= 11 is 9.01. The number of thiazole rings is 2. The van der Waals surface area contributed by atoms with Gasteiger partial charge in [0.25, 0.3) is 5.91 Å². The molecule has 0 aliphatic carbocycles. The van der Waals surface area contributed by atoms with E-state index < -0.39 is 0 Å². The molecule has 25 heavy (non-hydrogen) atoms. The van der Waals surface area contributed by atoms with Crippen molar-refractivity contribution < 1.29 is 4.79 Å². The molecule has 0 radical (unpaired) electrons. The fourth-order valence-corrected chi connectivity index (χ4v) is 4.58. The quantitative estimate of drug-likeness (QED) is 0.497. The van der Waals surface area contributed by atoms with Crippen molar-refractivity contribution in [1.29, 1.82) is 0 Å². The number of hydrogen-bond donors (Lipinski definition) is 1. The number of benzene rings is 2. The van der Waals surface area contributed by atoms with Crippen molar-refractivity contribution in [2.24, 2.45) is 0 Å². The number of nitrogens with zero attached hydrogens (tertiary/aromatic N) is 2. The van der Waals surface area contributed by atoms with Gasteiger partial charge in [-0.25, -0.2) is 9.97 Å². The number of aromatic nitrogens is 2. The monoisotopic (exact) mass is 385 g/mol. The summed E-state index contributed by atoms with van der Waals surface area (Å²) in [7, 11) is 0. The van der Waals surface area contributed by atoms with E-state index in [1.807, 2.05) is 55.5 Å². The molecule has 2 aromatic heterocycles. The van der Waals surface area contributed by atoms with Crippen LogP contribution < -0.4 is 5.32 Å². The summed E-state index contributed by atoms with van der Waals surface area (Å²) < 4.78 is 1.04. The third-order valence-corrected chi connectivity index (χ3v) is 6.09. The summed E-state index contributed by atoms with van der Waals surface area (Å²) in [4.78, 5) is 22.1. The molecule has 0 saturated heterocycles. The number of amides is 1. The molecule has 124 valence electrons. The SMILES string of the molecule is Cc1nc(-c2ccccc2Cl)sc1C(=O)Nc1nc2ccccc2s1. The van der Waals surface area contributed by atoms with Gasteiger partial charge >= 0.3 is 0 Å². The number of hydrogen-bond acceptors (Lipinski definition) is 5. The molecule has 2 heterocycles. The largest absolute Gasteiger partial charge is 0.297 e. The van der Waals surface area contributed by atoms with Gasteiger partial charge in [-0.15, -0.1) is 11.3 Å². The van der Waals surface area contributed by atoms with Crippen LogP contribution in [0.5, 0.6) is 0 Å². The minimum Gasteiger partial charge on any atom is -0.297 e. The Balaban J connectivity index is 1.63. The lowest BCUT2D eigenvalue weighted by atomic mass is 10.2. The number of nitrogens with one attached hydrogen (secondary N) is 1. The molecular weight excluding hydrogens is 374 g/mol. The third kappa shape index (κ3) is 3.16. The van der Waals surface area contributed by atoms with Crippen molar-refractivity contribution in [2.45, 2.75) is 6.92 Å². The molecule has 0 saturated carbocycles. The van der Waals surface area contributed by atoms with Crippen molar-refractivity contribution in [3.8, 4) is 10.6 Å². The molecule has 0 fully saturated rings. The first kappa shape index (κ1) is 16.2. The second kappa shape index (κ2) is 6.55. The van der Waals surface area contributed by atoms with Crippen LogP contribution in [0.3, 0.4) is 0 Å². The Labute approximate surface area is 157 Å². The Kier molecular flexibility index (Phi) is 4.25. The first-order valence-electron chi connectivity index (χ1n) is 7.51. The van der Waals surface area contributed by atoms with Crippen LogP contribution in [0.25, 0.3) is 20.8 Å². The topological polar surface area (TPSA) is 54.9 Å². The maximum Gasteiger partial charge on any atom is 0.269 e. The fraction of sp³-hybridized carbons (Fsp3) is 0.0556. The smallest absolute Gasteiger partial charge is 0.269 e. The van der Waals surface area contributed by atoms with Gasteiger partial charge in [0.2, 0.25) is 0 Å². The maximum atomic E-state index is 12.6. The first-order chi connectivity index (χ1) is 12.1. The normalized spacial score (nSPS) is 11.0. The molecule has 4 nitrogen and oxygen atoms in total. The molecule has 1 N–H and O–H groups in total. The summed E-state index contributed by atoms with van der Waals surface area (Å²) in [5.74, 6) is -0.202. The van der Waals surface area contributed by atoms with Gasteiger partial charge in [0, 0.05) is 5.56 Å². The number of anilines is 1. The fourth-order valence-electron chi connectivity index (χ4n) is 2.44. The summed E-state index contributed by atoms with van der Waals surface area (Å²) in [6.45, 7) is 1.82. The summed E-state index contributed by atoms with van der Waals surface area (Å²) in [5, 5.41) is 4.81. The molecular formula is C18H12ClN3OS2. The number of carbonyl (C=O) groups is 1. The average Bonchev–Trinajstić information content (AvgIpc) is 3.18. The van der Waals surface area contributed by atoms with E-state index in [0.29, 0.717) is 20.7 Å². The van der Waals surface area contributed by atoms with Crippen LogP contribution >= 0.6 is 34.3 Å². The van der Waals surface area contributed by atoms with E-state index in [-0.39, 0.29) is 5.91 Å². The van der Waals surface area contributed by atoms with Crippen LogP contribution in [0.2, 0.25) is 5.02 Å². The van der Waals surface area contributed by atoms with E-state index in [4.69, 9.17) is 11.6 Å². The summed E-state index contributed by atoms with van der Waals surface area (Å²) in [6, 6.07) is 15.3. The number of halogens is 1. The van der Waals surface area contributed by atoms with E-state index >= 15 is 0 Å². The van der Waals surface area contributed by atoms with Crippen LogP contribution in [-0.2, 0) is 0 Å². The molecule has 7 heteroatoms. The second-order valence-corrected chi connectivity index (χ2v) is 7.79. The van der Waals surface area contributed by atoms with Crippen molar-refractivity contribution in [3.63, 3.8) is 0 Å². The Hall–Kier alpha value is -2.28. The number of rotatable bonds is 3. The number of aryl methyl sites for hydroxylation is 1. The zero-order chi connectivity index (χ0) is 17.4. The highest BCUT2D eigenvalue weighted by Crippen LogP contribution is 2.33. The van der Waals surface area contributed by atoms with Crippen molar-refractivity contribution >= 4 is 55.5 Å². The van der Waals surface area contributed by atoms with E-state index in [9.17, 15) is 4.79 Å². The van der Waals surface area contributed by atoms with E-state index in [2.05, 4.69) is 15.3 Å². The molecule has 0 bridgehead atoms. The van der Waals surface area contributed by atoms with Gasteiger partial charge in [-0.3, -0.25) is 10.1 Å². The van der Waals surface area contributed by atoms with E-state index in [0.717, 1.165) is 20.8 Å². The highest BCUT2D eigenvalue weighted by atomic mass is 35.5. The molecule has 4 rings (SSSR count). The minimum atomic E-state index is -0.202.